The molecule has 0 N–H and O–H groups in total. The minimum absolute atomic E-state index is 1.34. The molecule has 0 spiro atoms. The van der Waals surface area contributed by atoms with Crippen LogP contribution in [0.25, 0.3) is 32.3 Å². The summed E-state index contributed by atoms with van der Waals surface area (Å²) in [7, 11) is 0. The van der Waals surface area contributed by atoms with Gasteiger partial charge in [0.25, 0.3) is 0 Å². The van der Waals surface area contributed by atoms with Gasteiger partial charge in [0.1, 0.15) is 0 Å². The van der Waals surface area contributed by atoms with Gasteiger partial charge in [0.15, 0.2) is 0 Å². The van der Waals surface area contributed by atoms with Crippen LogP contribution in [0.15, 0.2) is 60.7 Å². The summed E-state index contributed by atoms with van der Waals surface area (Å²) in [4.78, 5) is 1.97. The number of halogens is 1. The largest absolute Gasteiger partial charge is 0.0901 e. The molecule has 4 aromatic carbocycles. The smallest absolute Gasteiger partial charge is 0.00268 e. The van der Waals surface area contributed by atoms with Gasteiger partial charge in [-0.05, 0) is 37.2 Å². The summed E-state index contributed by atoms with van der Waals surface area (Å²) in [6.45, 7) is 0. The molecule has 88 valence electrons. The van der Waals surface area contributed by atoms with E-state index in [9.17, 15) is 0 Å². The predicted octanol–water partition coefficient (Wildman–Crippen LogP) is 5.64. The summed E-state index contributed by atoms with van der Waals surface area (Å²) in [5.41, 5.74) is 0. The van der Waals surface area contributed by atoms with E-state index in [4.69, 9.17) is 0 Å². The van der Waals surface area contributed by atoms with E-state index in [-0.39, 0.29) is 0 Å². The third kappa shape index (κ3) is 1.65. The van der Waals surface area contributed by atoms with Crippen molar-refractivity contribution in [2.75, 3.05) is 4.93 Å². The van der Waals surface area contributed by atoms with E-state index in [0.29, 0.717) is 0 Å². The maximum Gasteiger partial charge on any atom is -0.00268 e. The van der Waals surface area contributed by atoms with E-state index in [0.717, 1.165) is 0 Å². The molecule has 0 bridgehead atoms. The SMILES string of the molecule is CI.c1cc2ccc3cccc4ccc(c1)c2c34. The summed E-state index contributed by atoms with van der Waals surface area (Å²) in [5, 5.41) is 8.14. The van der Waals surface area contributed by atoms with Crippen molar-refractivity contribution >= 4 is 54.9 Å². The van der Waals surface area contributed by atoms with Crippen molar-refractivity contribution in [2.45, 2.75) is 0 Å². The minimum atomic E-state index is 1.34. The highest BCUT2D eigenvalue weighted by atomic mass is 127. The van der Waals surface area contributed by atoms with Crippen molar-refractivity contribution in [2.24, 2.45) is 0 Å². The Kier molecular flexibility index (Phi) is 3.08. The summed E-state index contributed by atoms with van der Waals surface area (Å²) >= 11 is 2.15. The standard InChI is InChI=1S/C16H10.CH3I/c1-3-11-7-9-13-5-2-6-14-10-8-12(4-1)15(11)16(13)14;1-2/h1-10H;1H3. The molecule has 0 aliphatic rings. The molecule has 0 saturated heterocycles. The first-order chi connectivity index (χ1) is 8.93. The molecule has 0 amide bonds. The van der Waals surface area contributed by atoms with Crippen molar-refractivity contribution in [3.63, 3.8) is 0 Å². The van der Waals surface area contributed by atoms with Gasteiger partial charge in [-0.1, -0.05) is 83.3 Å². The molecule has 0 aromatic heterocycles. The van der Waals surface area contributed by atoms with Gasteiger partial charge in [0.05, 0.1) is 0 Å². The summed E-state index contributed by atoms with van der Waals surface area (Å²) in [6.07, 6.45) is 0. The van der Waals surface area contributed by atoms with Gasteiger partial charge in [0.2, 0.25) is 0 Å². The minimum Gasteiger partial charge on any atom is -0.0901 e. The van der Waals surface area contributed by atoms with Gasteiger partial charge in [-0.2, -0.15) is 0 Å². The monoisotopic (exact) mass is 344 g/mol. The first-order valence-electron chi connectivity index (χ1n) is 5.94. The van der Waals surface area contributed by atoms with Crippen LogP contribution in [-0.4, -0.2) is 4.93 Å². The first kappa shape index (κ1) is 11.7. The molecule has 0 aliphatic heterocycles. The molecule has 0 fully saturated rings. The number of rotatable bonds is 0. The highest BCUT2D eigenvalue weighted by Crippen LogP contribution is 2.33. The highest BCUT2D eigenvalue weighted by molar-refractivity contribution is 14.1. The molecule has 0 heterocycles. The Morgan fingerprint density at radius 1 is 0.500 bits per heavy atom. The van der Waals surface area contributed by atoms with E-state index < -0.39 is 0 Å². The molecule has 0 saturated carbocycles. The second kappa shape index (κ2) is 4.73. The highest BCUT2D eigenvalue weighted by Gasteiger charge is 2.05. The number of hydrogen-bond acceptors (Lipinski definition) is 0. The van der Waals surface area contributed by atoms with Crippen molar-refractivity contribution in [3.05, 3.63) is 60.7 Å². The van der Waals surface area contributed by atoms with Crippen molar-refractivity contribution in [1.29, 1.82) is 0 Å². The molecule has 1 heteroatoms. The molecule has 18 heavy (non-hydrogen) atoms. The Hall–Kier alpha value is -1.35. The van der Waals surface area contributed by atoms with Gasteiger partial charge in [0, 0.05) is 0 Å². The topological polar surface area (TPSA) is 0 Å². The molecule has 0 nitrogen and oxygen atoms in total. The predicted molar refractivity (Wildman–Crippen MR) is 90.1 cm³/mol. The van der Waals surface area contributed by atoms with E-state index in [1.54, 1.807) is 0 Å². The number of alkyl halides is 1. The number of hydrogen-bond donors (Lipinski definition) is 0. The van der Waals surface area contributed by atoms with Gasteiger partial charge >= 0.3 is 0 Å². The Morgan fingerprint density at radius 2 is 0.778 bits per heavy atom. The fourth-order valence-corrected chi connectivity index (χ4v) is 2.67. The second-order valence-electron chi connectivity index (χ2n) is 4.29. The maximum atomic E-state index is 2.21. The van der Waals surface area contributed by atoms with Crippen LogP contribution in [0, 0.1) is 0 Å². The van der Waals surface area contributed by atoms with Gasteiger partial charge in [-0.15, -0.1) is 0 Å². The van der Waals surface area contributed by atoms with Gasteiger partial charge in [-0.3, -0.25) is 0 Å². The third-order valence-electron chi connectivity index (χ3n) is 3.39. The average molecular weight is 344 g/mol. The van der Waals surface area contributed by atoms with Crippen LogP contribution in [0.3, 0.4) is 0 Å². The maximum absolute atomic E-state index is 2.21. The van der Waals surface area contributed by atoms with Crippen LogP contribution in [0.4, 0.5) is 0 Å². The first-order valence-corrected chi connectivity index (χ1v) is 8.09. The zero-order chi connectivity index (χ0) is 12.5. The van der Waals surface area contributed by atoms with Crippen LogP contribution in [0.5, 0.6) is 0 Å². The lowest BCUT2D eigenvalue weighted by atomic mass is 9.95. The fourth-order valence-electron chi connectivity index (χ4n) is 2.67. The van der Waals surface area contributed by atoms with Crippen LogP contribution in [-0.2, 0) is 0 Å². The number of benzene rings is 4. The van der Waals surface area contributed by atoms with Crippen LogP contribution >= 0.6 is 22.6 Å². The zero-order valence-corrected chi connectivity index (χ0v) is 12.3. The fraction of sp³-hybridized carbons (Fsp3) is 0.0588. The Morgan fingerprint density at radius 3 is 1.06 bits per heavy atom. The Bertz CT molecular complexity index is 672. The average Bonchev–Trinajstić information content (AvgIpc) is 2.47. The van der Waals surface area contributed by atoms with Crippen molar-refractivity contribution in [1.82, 2.24) is 0 Å². The van der Waals surface area contributed by atoms with E-state index in [1.807, 2.05) is 4.93 Å². The second-order valence-corrected chi connectivity index (χ2v) is 4.29. The van der Waals surface area contributed by atoms with Crippen molar-refractivity contribution in [3.8, 4) is 0 Å². The van der Waals surface area contributed by atoms with E-state index in [1.165, 1.54) is 32.3 Å². The molecular weight excluding hydrogens is 331 g/mol. The molecule has 0 aliphatic carbocycles. The van der Waals surface area contributed by atoms with E-state index in [2.05, 4.69) is 83.3 Å². The van der Waals surface area contributed by atoms with Crippen LogP contribution in [0.1, 0.15) is 0 Å². The molecule has 4 aromatic rings. The molecule has 0 atom stereocenters. The summed E-state index contributed by atoms with van der Waals surface area (Å²) < 4.78 is 0. The molecule has 0 radical (unpaired) electrons. The summed E-state index contributed by atoms with van der Waals surface area (Å²) in [5.74, 6) is 0. The van der Waals surface area contributed by atoms with E-state index >= 15 is 0 Å². The quantitative estimate of drug-likeness (QED) is 0.220. The lowest BCUT2D eigenvalue weighted by molar-refractivity contribution is 1.78. The lowest BCUT2D eigenvalue weighted by Crippen LogP contribution is -1.82. The van der Waals surface area contributed by atoms with Gasteiger partial charge < -0.3 is 0 Å². The molecule has 0 unspecified atom stereocenters. The lowest BCUT2D eigenvalue weighted by Gasteiger charge is -2.09. The van der Waals surface area contributed by atoms with Crippen LogP contribution < -0.4 is 0 Å². The Labute approximate surface area is 120 Å². The Balaban J connectivity index is 0.000000478. The third-order valence-corrected chi connectivity index (χ3v) is 3.39. The molecular formula is C17H13I. The zero-order valence-electron chi connectivity index (χ0n) is 10.2. The molecule has 4 rings (SSSR count). The normalized spacial score (nSPS) is 10.8. The van der Waals surface area contributed by atoms with Gasteiger partial charge in [-0.25, -0.2) is 0 Å². The van der Waals surface area contributed by atoms with Crippen molar-refractivity contribution < 1.29 is 0 Å². The summed E-state index contributed by atoms with van der Waals surface area (Å²) in [6, 6.07) is 21.9. The van der Waals surface area contributed by atoms with Crippen LogP contribution in [0.2, 0.25) is 0 Å².